The molecule has 0 atom stereocenters. The Kier molecular flexibility index (Phi) is 5.22. The number of anilines is 1. The normalized spacial score (nSPS) is 11.1. The summed E-state index contributed by atoms with van der Waals surface area (Å²) in [7, 11) is 0. The Morgan fingerprint density at radius 1 is 1.31 bits per heavy atom. The van der Waals surface area contributed by atoms with Gasteiger partial charge in [0, 0.05) is 24.5 Å². The van der Waals surface area contributed by atoms with Gasteiger partial charge in [-0.3, -0.25) is 0 Å². The average Bonchev–Trinajstić information content (AvgIpc) is 2.62. The molecule has 0 fully saturated rings. The van der Waals surface area contributed by atoms with Crippen molar-refractivity contribution in [2.75, 3.05) is 18.0 Å². The van der Waals surface area contributed by atoms with Crippen molar-refractivity contribution >= 4 is 16.5 Å². The second-order valence-corrected chi connectivity index (χ2v) is 5.40. The highest BCUT2D eigenvalue weighted by Gasteiger charge is 2.14. The van der Waals surface area contributed by atoms with E-state index in [-0.39, 0.29) is 0 Å². The fourth-order valence-corrected chi connectivity index (χ4v) is 2.80. The first-order chi connectivity index (χ1) is 7.62. The van der Waals surface area contributed by atoms with Crippen LogP contribution < -0.4 is 10.6 Å². The number of aromatic nitrogens is 1. The molecule has 1 rings (SSSR count). The molecule has 0 bridgehead atoms. The van der Waals surface area contributed by atoms with Crippen molar-refractivity contribution in [3.05, 3.63) is 10.6 Å². The molecule has 0 aromatic carbocycles. The monoisotopic (exact) mass is 241 g/mol. The van der Waals surface area contributed by atoms with Gasteiger partial charge in [-0.1, -0.05) is 13.8 Å². The van der Waals surface area contributed by atoms with Crippen molar-refractivity contribution in [1.82, 2.24) is 4.98 Å². The largest absolute Gasteiger partial charge is 0.349 e. The van der Waals surface area contributed by atoms with E-state index in [0.717, 1.165) is 24.6 Å². The molecule has 0 aliphatic carbocycles. The van der Waals surface area contributed by atoms with Gasteiger partial charge in [0.1, 0.15) is 0 Å². The quantitative estimate of drug-likeness (QED) is 0.832. The zero-order valence-electron chi connectivity index (χ0n) is 10.8. The maximum Gasteiger partial charge on any atom is 0.185 e. The molecule has 0 amide bonds. The molecule has 0 unspecified atom stereocenters. The fraction of sp³-hybridized carbons (Fsp3) is 0.750. The Balaban J connectivity index is 2.92. The lowest BCUT2D eigenvalue weighted by atomic mass is 10.1. The Labute approximate surface area is 103 Å². The van der Waals surface area contributed by atoms with Crippen LogP contribution in [0.5, 0.6) is 0 Å². The molecular weight excluding hydrogens is 218 g/mol. The van der Waals surface area contributed by atoms with Crippen molar-refractivity contribution in [2.45, 2.75) is 40.7 Å². The molecule has 3 nitrogen and oxygen atoms in total. The summed E-state index contributed by atoms with van der Waals surface area (Å²) in [6.45, 7) is 11.4. The predicted molar refractivity (Wildman–Crippen MR) is 72.1 cm³/mol. The van der Waals surface area contributed by atoms with Crippen LogP contribution in [-0.4, -0.2) is 18.1 Å². The highest BCUT2D eigenvalue weighted by Crippen LogP contribution is 2.27. The summed E-state index contributed by atoms with van der Waals surface area (Å²) in [6.07, 6.45) is 1.03. The summed E-state index contributed by atoms with van der Waals surface area (Å²) in [6, 6.07) is 0. The number of thiazole rings is 1. The smallest absolute Gasteiger partial charge is 0.185 e. The Hall–Kier alpha value is -0.610. The third-order valence-electron chi connectivity index (χ3n) is 2.59. The first-order valence-corrected chi connectivity index (χ1v) is 6.87. The second-order valence-electron chi connectivity index (χ2n) is 4.34. The summed E-state index contributed by atoms with van der Waals surface area (Å²) in [5.74, 6) is 0.636. The van der Waals surface area contributed by atoms with E-state index in [2.05, 4.69) is 32.6 Å². The summed E-state index contributed by atoms with van der Waals surface area (Å²) < 4.78 is 0. The summed E-state index contributed by atoms with van der Waals surface area (Å²) in [5.41, 5.74) is 6.97. The van der Waals surface area contributed by atoms with Crippen molar-refractivity contribution in [3.8, 4) is 0 Å². The average molecular weight is 241 g/mol. The van der Waals surface area contributed by atoms with E-state index in [9.17, 15) is 0 Å². The van der Waals surface area contributed by atoms with Crippen LogP contribution in [-0.2, 0) is 13.0 Å². The van der Waals surface area contributed by atoms with Crippen LogP contribution in [0.15, 0.2) is 0 Å². The van der Waals surface area contributed by atoms with Crippen LogP contribution in [0.25, 0.3) is 0 Å². The van der Waals surface area contributed by atoms with Gasteiger partial charge in [0.2, 0.25) is 0 Å². The number of rotatable bonds is 6. The molecule has 1 aromatic rings. The lowest BCUT2D eigenvalue weighted by molar-refractivity contribution is 0.633. The van der Waals surface area contributed by atoms with E-state index in [1.54, 1.807) is 11.3 Å². The Bertz CT molecular complexity index is 316. The molecule has 0 aliphatic heterocycles. The van der Waals surface area contributed by atoms with E-state index in [1.807, 2.05) is 0 Å². The minimum absolute atomic E-state index is 0.612. The third kappa shape index (κ3) is 3.19. The minimum Gasteiger partial charge on any atom is -0.349 e. The highest BCUT2D eigenvalue weighted by molar-refractivity contribution is 7.15. The van der Waals surface area contributed by atoms with Gasteiger partial charge >= 0.3 is 0 Å². The number of nitrogens with two attached hydrogens (primary N) is 1. The van der Waals surface area contributed by atoms with Crippen LogP contribution in [0, 0.1) is 5.92 Å². The first kappa shape index (κ1) is 13.5. The van der Waals surface area contributed by atoms with E-state index >= 15 is 0 Å². The van der Waals surface area contributed by atoms with Gasteiger partial charge < -0.3 is 10.6 Å². The number of nitrogens with zero attached hydrogens (tertiary/aromatic N) is 2. The van der Waals surface area contributed by atoms with Crippen molar-refractivity contribution in [1.29, 1.82) is 0 Å². The van der Waals surface area contributed by atoms with Crippen LogP contribution >= 0.6 is 11.3 Å². The van der Waals surface area contributed by atoms with Crippen molar-refractivity contribution in [2.24, 2.45) is 11.7 Å². The molecular formula is C12H23N3S. The molecule has 16 heavy (non-hydrogen) atoms. The topological polar surface area (TPSA) is 42.2 Å². The Morgan fingerprint density at radius 2 is 1.94 bits per heavy atom. The highest BCUT2D eigenvalue weighted by atomic mass is 32.1. The van der Waals surface area contributed by atoms with E-state index in [4.69, 9.17) is 10.7 Å². The van der Waals surface area contributed by atoms with Crippen LogP contribution in [0.4, 0.5) is 5.13 Å². The molecule has 2 N–H and O–H groups in total. The zero-order valence-corrected chi connectivity index (χ0v) is 11.6. The molecule has 0 radical (unpaired) electrons. The van der Waals surface area contributed by atoms with Gasteiger partial charge in [-0.2, -0.15) is 0 Å². The maximum atomic E-state index is 5.77. The molecule has 0 saturated carbocycles. The van der Waals surface area contributed by atoms with Crippen molar-refractivity contribution < 1.29 is 0 Å². The van der Waals surface area contributed by atoms with E-state index in [1.165, 1.54) is 10.6 Å². The lowest BCUT2D eigenvalue weighted by Crippen LogP contribution is -2.21. The van der Waals surface area contributed by atoms with E-state index < -0.39 is 0 Å². The standard InChI is InChI=1S/C12H23N3S/c1-5-15(6-2)12-14-10(7-9(3)4)11(8-13)16-12/h9H,5-8,13H2,1-4H3. The predicted octanol–water partition coefficient (Wildman–Crippen LogP) is 2.65. The Morgan fingerprint density at radius 3 is 2.38 bits per heavy atom. The van der Waals surface area contributed by atoms with E-state index in [0.29, 0.717) is 12.5 Å². The van der Waals surface area contributed by atoms with Crippen LogP contribution in [0.3, 0.4) is 0 Å². The first-order valence-electron chi connectivity index (χ1n) is 6.05. The van der Waals surface area contributed by atoms with Gasteiger partial charge in [0.05, 0.1) is 5.69 Å². The van der Waals surface area contributed by atoms with Crippen LogP contribution in [0.1, 0.15) is 38.3 Å². The fourth-order valence-electron chi connectivity index (χ4n) is 1.70. The van der Waals surface area contributed by atoms with Gasteiger partial charge in [-0.25, -0.2) is 4.98 Å². The van der Waals surface area contributed by atoms with Gasteiger partial charge in [-0.05, 0) is 26.2 Å². The molecule has 1 heterocycles. The number of hydrogen-bond acceptors (Lipinski definition) is 4. The number of hydrogen-bond donors (Lipinski definition) is 1. The van der Waals surface area contributed by atoms with Crippen LogP contribution in [0.2, 0.25) is 0 Å². The van der Waals surface area contributed by atoms with Gasteiger partial charge in [0.15, 0.2) is 5.13 Å². The summed E-state index contributed by atoms with van der Waals surface area (Å²) in [4.78, 5) is 8.26. The zero-order chi connectivity index (χ0) is 12.1. The molecule has 1 aromatic heterocycles. The third-order valence-corrected chi connectivity index (χ3v) is 3.77. The van der Waals surface area contributed by atoms with Gasteiger partial charge in [0.25, 0.3) is 0 Å². The van der Waals surface area contributed by atoms with Crippen molar-refractivity contribution in [3.63, 3.8) is 0 Å². The summed E-state index contributed by atoms with van der Waals surface area (Å²) in [5, 5.41) is 1.13. The summed E-state index contributed by atoms with van der Waals surface area (Å²) >= 11 is 1.75. The molecule has 92 valence electrons. The molecule has 0 spiro atoms. The molecule has 0 saturated heterocycles. The van der Waals surface area contributed by atoms with Gasteiger partial charge in [-0.15, -0.1) is 11.3 Å². The minimum atomic E-state index is 0.612. The SMILES string of the molecule is CCN(CC)c1nc(CC(C)C)c(CN)s1. The maximum absolute atomic E-state index is 5.77. The lowest BCUT2D eigenvalue weighted by Gasteiger charge is -2.16. The molecule has 0 aliphatic rings. The second kappa shape index (κ2) is 6.21. The molecule has 4 heteroatoms.